The van der Waals surface area contributed by atoms with E-state index in [4.69, 9.17) is 12.2 Å². The first-order valence-corrected chi connectivity index (χ1v) is 10.7. The predicted octanol–water partition coefficient (Wildman–Crippen LogP) is 5.61. The summed E-state index contributed by atoms with van der Waals surface area (Å²) in [4.78, 5) is 15.2. The summed E-state index contributed by atoms with van der Waals surface area (Å²) < 4.78 is 2.98. The normalized spacial score (nSPS) is 15.9. The molecule has 1 aliphatic heterocycles. The van der Waals surface area contributed by atoms with Crippen molar-refractivity contribution in [1.82, 2.24) is 9.47 Å². The summed E-state index contributed by atoms with van der Waals surface area (Å²) in [5, 5.41) is 1.16. The van der Waals surface area contributed by atoms with Crippen molar-refractivity contribution in [1.29, 1.82) is 0 Å². The van der Waals surface area contributed by atoms with Gasteiger partial charge in [0.15, 0.2) is 0 Å². The van der Waals surface area contributed by atoms with Gasteiger partial charge in [0.25, 0.3) is 5.91 Å². The molecule has 1 aromatic heterocycles. The highest BCUT2D eigenvalue weighted by atomic mass is 32.2. The molecule has 0 radical (unpaired) electrons. The zero-order chi connectivity index (χ0) is 19.7. The molecule has 0 unspecified atom stereocenters. The number of carbonyl (C=O) groups is 1. The average molecular weight is 407 g/mol. The van der Waals surface area contributed by atoms with E-state index in [0.717, 1.165) is 29.6 Å². The fourth-order valence-electron chi connectivity index (χ4n) is 3.66. The second kappa shape index (κ2) is 7.94. The van der Waals surface area contributed by atoms with Crippen molar-refractivity contribution < 1.29 is 4.79 Å². The molecule has 0 aliphatic carbocycles. The monoisotopic (exact) mass is 406 g/mol. The lowest BCUT2D eigenvalue weighted by Gasteiger charge is -2.12. The van der Waals surface area contributed by atoms with Crippen molar-refractivity contribution in [3.8, 4) is 0 Å². The first-order chi connectivity index (χ1) is 13.6. The molecule has 5 heteroatoms. The van der Waals surface area contributed by atoms with E-state index in [2.05, 4.69) is 60.9 Å². The van der Waals surface area contributed by atoms with Gasteiger partial charge in [-0.25, -0.2) is 0 Å². The largest absolute Gasteiger partial charge is 0.340 e. The Balaban J connectivity index is 1.79. The Morgan fingerprint density at radius 1 is 1.07 bits per heavy atom. The van der Waals surface area contributed by atoms with Crippen molar-refractivity contribution in [2.75, 3.05) is 6.54 Å². The van der Waals surface area contributed by atoms with Crippen LogP contribution in [0.3, 0.4) is 0 Å². The average Bonchev–Trinajstić information content (AvgIpc) is 3.12. The summed E-state index contributed by atoms with van der Waals surface area (Å²) in [6, 6.07) is 18.8. The van der Waals surface area contributed by atoms with Gasteiger partial charge in [-0.2, -0.15) is 0 Å². The Hall–Kier alpha value is -2.37. The Labute approximate surface area is 175 Å². The molecule has 2 aromatic carbocycles. The van der Waals surface area contributed by atoms with E-state index in [1.54, 1.807) is 4.90 Å². The number of fused-ring (bicyclic) bond motifs is 1. The minimum absolute atomic E-state index is 0.0242. The van der Waals surface area contributed by atoms with Crippen molar-refractivity contribution in [3.05, 3.63) is 76.3 Å². The van der Waals surface area contributed by atoms with E-state index >= 15 is 0 Å². The molecular formula is C23H22N2OS2. The van der Waals surface area contributed by atoms with Crippen LogP contribution in [0.4, 0.5) is 0 Å². The highest BCUT2D eigenvalue weighted by Gasteiger charge is 2.31. The molecule has 1 saturated heterocycles. The maximum Gasteiger partial charge on any atom is 0.266 e. The fraction of sp³-hybridized carbons (Fsp3) is 0.217. The first kappa shape index (κ1) is 19.0. The summed E-state index contributed by atoms with van der Waals surface area (Å²) in [5.74, 6) is 0.0242. The van der Waals surface area contributed by atoms with E-state index in [1.807, 2.05) is 18.2 Å². The number of aromatic nitrogens is 1. The second-order valence-corrected chi connectivity index (χ2v) is 8.60. The van der Waals surface area contributed by atoms with Crippen LogP contribution >= 0.6 is 24.0 Å². The van der Waals surface area contributed by atoms with Crippen LogP contribution in [-0.2, 0) is 11.3 Å². The number of thioether (sulfide) groups is 1. The third kappa shape index (κ3) is 3.40. The number of para-hydroxylation sites is 1. The molecule has 0 saturated carbocycles. The van der Waals surface area contributed by atoms with Gasteiger partial charge in [-0.05, 0) is 31.1 Å². The molecule has 3 aromatic rings. The summed E-state index contributed by atoms with van der Waals surface area (Å²) >= 11 is 6.83. The lowest BCUT2D eigenvalue weighted by Crippen LogP contribution is -2.28. The highest BCUT2D eigenvalue weighted by molar-refractivity contribution is 8.26. The van der Waals surface area contributed by atoms with Crippen LogP contribution in [0.1, 0.15) is 30.2 Å². The van der Waals surface area contributed by atoms with E-state index in [9.17, 15) is 4.79 Å². The number of benzene rings is 2. The quantitative estimate of drug-likeness (QED) is 0.407. The number of amides is 1. The zero-order valence-electron chi connectivity index (χ0n) is 16.0. The third-order valence-corrected chi connectivity index (χ3v) is 6.44. The van der Waals surface area contributed by atoms with Gasteiger partial charge >= 0.3 is 0 Å². The van der Waals surface area contributed by atoms with Crippen LogP contribution in [0.15, 0.2) is 59.5 Å². The summed E-state index contributed by atoms with van der Waals surface area (Å²) in [5.41, 5.74) is 4.70. The minimum atomic E-state index is 0.0242. The predicted molar refractivity (Wildman–Crippen MR) is 122 cm³/mol. The van der Waals surface area contributed by atoms with Gasteiger partial charge in [0.2, 0.25) is 0 Å². The van der Waals surface area contributed by atoms with Crippen molar-refractivity contribution in [2.45, 2.75) is 26.8 Å². The molecule has 0 bridgehead atoms. The number of hydrogen-bond acceptors (Lipinski definition) is 3. The SMILES string of the molecule is CCCN1C(=O)/C(=C\c2c(C)n(Cc3ccccc3)c3ccccc23)SC1=S. The minimum Gasteiger partial charge on any atom is -0.340 e. The van der Waals surface area contributed by atoms with Crippen LogP contribution in [0.5, 0.6) is 0 Å². The maximum absolute atomic E-state index is 12.8. The number of hydrogen-bond donors (Lipinski definition) is 0. The molecule has 1 aliphatic rings. The number of nitrogens with zero attached hydrogens (tertiary/aromatic N) is 2. The van der Waals surface area contributed by atoms with Gasteiger partial charge in [0.1, 0.15) is 4.32 Å². The van der Waals surface area contributed by atoms with Crippen molar-refractivity contribution >= 4 is 51.2 Å². The van der Waals surface area contributed by atoms with Crippen molar-refractivity contribution in [2.24, 2.45) is 0 Å². The molecule has 2 heterocycles. The van der Waals surface area contributed by atoms with Gasteiger partial charge < -0.3 is 4.57 Å². The molecule has 142 valence electrons. The smallest absolute Gasteiger partial charge is 0.266 e. The van der Waals surface area contributed by atoms with Crippen LogP contribution in [0, 0.1) is 6.92 Å². The lowest BCUT2D eigenvalue weighted by atomic mass is 10.1. The molecule has 0 spiro atoms. The van der Waals surface area contributed by atoms with Gasteiger partial charge in [-0.1, -0.05) is 79.4 Å². The Bertz CT molecular complexity index is 1080. The Morgan fingerprint density at radius 3 is 2.54 bits per heavy atom. The van der Waals surface area contributed by atoms with Gasteiger partial charge in [-0.15, -0.1) is 0 Å². The first-order valence-electron chi connectivity index (χ1n) is 9.47. The number of rotatable bonds is 5. The molecule has 0 atom stereocenters. The summed E-state index contributed by atoms with van der Waals surface area (Å²) in [6.07, 6.45) is 2.92. The van der Waals surface area contributed by atoms with Crippen LogP contribution < -0.4 is 0 Å². The molecule has 1 fully saturated rings. The molecule has 3 nitrogen and oxygen atoms in total. The fourth-order valence-corrected chi connectivity index (χ4v) is 4.95. The van der Waals surface area contributed by atoms with Crippen molar-refractivity contribution in [3.63, 3.8) is 0 Å². The topological polar surface area (TPSA) is 25.2 Å². The lowest BCUT2D eigenvalue weighted by molar-refractivity contribution is -0.122. The van der Waals surface area contributed by atoms with Crippen LogP contribution in [0.25, 0.3) is 17.0 Å². The van der Waals surface area contributed by atoms with Gasteiger partial charge in [0, 0.05) is 35.2 Å². The number of thiocarbonyl (C=S) groups is 1. The second-order valence-electron chi connectivity index (χ2n) is 6.92. The Kier molecular flexibility index (Phi) is 5.38. The van der Waals surface area contributed by atoms with E-state index in [1.165, 1.54) is 22.8 Å². The van der Waals surface area contributed by atoms with Gasteiger partial charge in [-0.3, -0.25) is 9.69 Å². The van der Waals surface area contributed by atoms with E-state index in [-0.39, 0.29) is 5.91 Å². The van der Waals surface area contributed by atoms with Gasteiger partial charge in [0.05, 0.1) is 4.91 Å². The third-order valence-electron chi connectivity index (χ3n) is 5.06. The summed E-state index contributed by atoms with van der Waals surface area (Å²) in [6.45, 7) is 5.67. The van der Waals surface area contributed by atoms with E-state index < -0.39 is 0 Å². The summed E-state index contributed by atoms with van der Waals surface area (Å²) in [7, 11) is 0. The Morgan fingerprint density at radius 2 is 1.79 bits per heavy atom. The van der Waals surface area contributed by atoms with Crippen LogP contribution in [0.2, 0.25) is 0 Å². The molecule has 28 heavy (non-hydrogen) atoms. The molecule has 4 rings (SSSR count). The zero-order valence-corrected chi connectivity index (χ0v) is 17.6. The highest BCUT2D eigenvalue weighted by Crippen LogP contribution is 2.36. The van der Waals surface area contributed by atoms with E-state index in [0.29, 0.717) is 15.8 Å². The molecular weight excluding hydrogens is 384 g/mol. The molecule has 0 N–H and O–H groups in total. The van der Waals surface area contributed by atoms with Crippen LogP contribution in [-0.4, -0.2) is 26.2 Å². The number of carbonyl (C=O) groups excluding carboxylic acids is 1. The maximum atomic E-state index is 12.8. The molecule has 1 amide bonds. The standard InChI is InChI=1S/C23H22N2OS2/c1-3-13-24-22(26)21(28-23(24)27)14-19-16(2)25(15-17-9-5-4-6-10-17)20-12-8-7-11-18(19)20/h4-12,14H,3,13,15H2,1-2H3/b21-14+.